The van der Waals surface area contributed by atoms with E-state index >= 15 is 0 Å². The number of nitrogens with one attached hydrogen (secondary N) is 1. The molecule has 1 aliphatic rings. The van der Waals surface area contributed by atoms with Crippen molar-refractivity contribution < 1.29 is 4.79 Å². The van der Waals surface area contributed by atoms with Crippen LogP contribution in [-0.4, -0.2) is 18.5 Å². The maximum absolute atomic E-state index is 12.2. The largest absolute Gasteiger partial charge is 0.352 e. The van der Waals surface area contributed by atoms with Gasteiger partial charge in [0.25, 0.3) is 0 Å². The van der Waals surface area contributed by atoms with Crippen LogP contribution in [0.2, 0.25) is 0 Å². The Morgan fingerprint density at radius 1 is 1.44 bits per heavy atom. The molecule has 1 amide bonds. The number of aryl methyl sites for hydroxylation is 1. The molecule has 0 aromatic heterocycles. The molecule has 0 spiro atoms. The Morgan fingerprint density at radius 2 is 2.17 bits per heavy atom. The first-order valence-corrected chi connectivity index (χ1v) is 6.81. The average molecular weight is 246 g/mol. The fraction of sp³-hybridized carbons (Fsp3) is 0.533. The van der Waals surface area contributed by atoms with Crippen molar-refractivity contribution >= 4 is 5.91 Å². The molecule has 98 valence electrons. The van der Waals surface area contributed by atoms with Gasteiger partial charge in [-0.1, -0.05) is 31.2 Å². The topological polar surface area (TPSA) is 55.1 Å². The number of carbonyl (C=O) groups is 1. The zero-order valence-corrected chi connectivity index (χ0v) is 11.0. The highest BCUT2D eigenvalue weighted by molar-refractivity contribution is 5.79. The van der Waals surface area contributed by atoms with Crippen LogP contribution >= 0.6 is 0 Å². The number of nitrogens with two attached hydrogens (primary N) is 1. The maximum Gasteiger partial charge on any atom is 0.223 e. The van der Waals surface area contributed by atoms with E-state index in [1.165, 1.54) is 11.1 Å². The van der Waals surface area contributed by atoms with Crippen LogP contribution in [0.1, 0.15) is 30.9 Å². The molecule has 1 aliphatic carbocycles. The van der Waals surface area contributed by atoms with Crippen molar-refractivity contribution in [1.29, 1.82) is 0 Å². The average Bonchev–Trinajstić information content (AvgIpc) is 2.44. The van der Waals surface area contributed by atoms with Crippen molar-refractivity contribution in [3.63, 3.8) is 0 Å². The molecule has 0 fully saturated rings. The van der Waals surface area contributed by atoms with E-state index in [0.717, 1.165) is 25.7 Å². The zero-order valence-electron chi connectivity index (χ0n) is 11.0. The zero-order chi connectivity index (χ0) is 13.0. The van der Waals surface area contributed by atoms with Gasteiger partial charge >= 0.3 is 0 Å². The highest BCUT2D eigenvalue weighted by atomic mass is 16.1. The molecule has 0 saturated carbocycles. The number of fused-ring (bicyclic) bond motifs is 1. The molecule has 1 aromatic rings. The van der Waals surface area contributed by atoms with Crippen LogP contribution in [0, 0.1) is 5.92 Å². The number of hydrogen-bond acceptors (Lipinski definition) is 2. The third-order valence-electron chi connectivity index (χ3n) is 3.84. The molecule has 0 saturated heterocycles. The molecule has 0 radical (unpaired) electrons. The fourth-order valence-electron chi connectivity index (χ4n) is 2.57. The SMILES string of the molecule is CCC(CN)NC(=O)C1CCc2ccccc2C1. The molecule has 2 rings (SSSR count). The minimum Gasteiger partial charge on any atom is -0.352 e. The number of amides is 1. The van der Waals surface area contributed by atoms with Crippen LogP contribution < -0.4 is 11.1 Å². The van der Waals surface area contributed by atoms with E-state index in [4.69, 9.17) is 5.73 Å². The van der Waals surface area contributed by atoms with Gasteiger partial charge in [-0.3, -0.25) is 4.79 Å². The van der Waals surface area contributed by atoms with E-state index in [1.807, 2.05) is 13.0 Å². The van der Waals surface area contributed by atoms with Gasteiger partial charge in [0.2, 0.25) is 5.91 Å². The number of hydrogen-bond donors (Lipinski definition) is 2. The lowest BCUT2D eigenvalue weighted by Crippen LogP contribution is -2.43. The predicted molar refractivity (Wildman–Crippen MR) is 73.2 cm³/mol. The van der Waals surface area contributed by atoms with Crippen molar-refractivity contribution in [1.82, 2.24) is 5.32 Å². The van der Waals surface area contributed by atoms with Gasteiger partial charge in [0.05, 0.1) is 0 Å². The molecule has 2 atom stereocenters. The van der Waals surface area contributed by atoms with Gasteiger partial charge in [-0.2, -0.15) is 0 Å². The molecule has 0 aliphatic heterocycles. The number of carbonyl (C=O) groups excluding carboxylic acids is 1. The van der Waals surface area contributed by atoms with E-state index < -0.39 is 0 Å². The van der Waals surface area contributed by atoms with Gasteiger partial charge in [0, 0.05) is 18.5 Å². The second-order valence-corrected chi connectivity index (χ2v) is 5.06. The summed E-state index contributed by atoms with van der Waals surface area (Å²) in [5, 5.41) is 3.05. The molecule has 3 nitrogen and oxygen atoms in total. The lowest BCUT2D eigenvalue weighted by atomic mass is 9.83. The van der Waals surface area contributed by atoms with E-state index in [-0.39, 0.29) is 17.9 Å². The van der Waals surface area contributed by atoms with Crippen LogP contribution in [-0.2, 0) is 17.6 Å². The highest BCUT2D eigenvalue weighted by Crippen LogP contribution is 2.25. The Hall–Kier alpha value is -1.35. The maximum atomic E-state index is 12.2. The fourth-order valence-corrected chi connectivity index (χ4v) is 2.57. The predicted octanol–water partition coefficient (Wildman–Crippen LogP) is 1.64. The second-order valence-electron chi connectivity index (χ2n) is 5.06. The van der Waals surface area contributed by atoms with Crippen molar-refractivity contribution in [2.24, 2.45) is 11.7 Å². The summed E-state index contributed by atoms with van der Waals surface area (Å²) in [5.74, 6) is 0.280. The molecule has 0 heterocycles. The van der Waals surface area contributed by atoms with Crippen molar-refractivity contribution in [2.75, 3.05) is 6.54 Å². The molecule has 18 heavy (non-hydrogen) atoms. The summed E-state index contributed by atoms with van der Waals surface area (Å²) in [6.07, 6.45) is 3.71. The molecule has 0 bridgehead atoms. The molecule has 1 aromatic carbocycles. The van der Waals surface area contributed by atoms with Crippen LogP contribution in [0.4, 0.5) is 0 Å². The Morgan fingerprint density at radius 3 is 2.83 bits per heavy atom. The standard InChI is InChI=1S/C15H22N2O/c1-2-14(10-16)17-15(18)13-8-7-11-5-3-4-6-12(11)9-13/h3-6,13-14H,2,7-10,16H2,1H3,(H,17,18). The first kappa shape index (κ1) is 13.1. The van der Waals surface area contributed by atoms with Crippen LogP contribution in [0.15, 0.2) is 24.3 Å². The van der Waals surface area contributed by atoms with Gasteiger partial charge in [-0.15, -0.1) is 0 Å². The smallest absolute Gasteiger partial charge is 0.223 e. The van der Waals surface area contributed by atoms with Gasteiger partial charge in [0.1, 0.15) is 0 Å². The summed E-state index contributed by atoms with van der Waals surface area (Å²) in [4.78, 5) is 12.2. The third-order valence-corrected chi connectivity index (χ3v) is 3.84. The molecule has 3 heteroatoms. The molecule has 3 N–H and O–H groups in total. The van der Waals surface area contributed by atoms with Crippen molar-refractivity contribution in [3.05, 3.63) is 35.4 Å². The van der Waals surface area contributed by atoms with Gasteiger partial charge in [-0.05, 0) is 36.8 Å². The first-order chi connectivity index (χ1) is 8.74. The van der Waals surface area contributed by atoms with Crippen molar-refractivity contribution in [2.45, 2.75) is 38.6 Å². The minimum absolute atomic E-state index is 0.112. The minimum atomic E-state index is 0.112. The Bertz CT molecular complexity index is 413. The monoisotopic (exact) mass is 246 g/mol. The van der Waals surface area contributed by atoms with E-state index in [0.29, 0.717) is 6.54 Å². The first-order valence-electron chi connectivity index (χ1n) is 6.81. The number of benzene rings is 1. The summed E-state index contributed by atoms with van der Waals surface area (Å²) in [6.45, 7) is 2.57. The Kier molecular flexibility index (Phi) is 4.37. The highest BCUT2D eigenvalue weighted by Gasteiger charge is 2.25. The number of rotatable bonds is 4. The second kappa shape index (κ2) is 6.01. The lowest BCUT2D eigenvalue weighted by Gasteiger charge is -2.25. The quantitative estimate of drug-likeness (QED) is 0.848. The van der Waals surface area contributed by atoms with E-state index in [2.05, 4.69) is 23.5 Å². The Labute approximate surface area is 109 Å². The normalized spacial score (nSPS) is 20.0. The molecular weight excluding hydrogens is 224 g/mol. The third kappa shape index (κ3) is 2.91. The molecular formula is C15H22N2O. The van der Waals surface area contributed by atoms with Gasteiger partial charge in [-0.25, -0.2) is 0 Å². The van der Waals surface area contributed by atoms with E-state index in [9.17, 15) is 4.79 Å². The van der Waals surface area contributed by atoms with E-state index in [1.54, 1.807) is 0 Å². The van der Waals surface area contributed by atoms with Crippen LogP contribution in [0.5, 0.6) is 0 Å². The van der Waals surface area contributed by atoms with Gasteiger partial charge < -0.3 is 11.1 Å². The summed E-state index contributed by atoms with van der Waals surface area (Å²) < 4.78 is 0. The summed E-state index contributed by atoms with van der Waals surface area (Å²) in [7, 11) is 0. The molecule has 2 unspecified atom stereocenters. The lowest BCUT2D eigenvalue weighted by molar-refractivity contribution is -0.126. The summed E-state index contributed by atoms with van der Waals surface area (Å²) in [6, 6.07) is 8.54. The van der Waals surface area contributed by atoms with Crippen LogP contribution in [0.3, 0.4) is 0 Å². The van der Waals surface area contributed by atoms with Crippen LogP contribution in [0.25, 0.3) is 0 Å². The van der Waals surface area contributed by atoms with Crippen molar-refractivity contribution in [3.8, 4) is 0 Å². The Balaban J connectivity index is 1.98. The summed E-state index contributed by atoms with van der Waals surface area (Å²) >= 11 is 0. The van der Waals surface area contributed by atoms with Gasteiger partial charge in [0.15, 0.2) is 0 Å². The summed E-state index contributed by atoms with van der Waals surface area (Å²) in [5.41, 5.74) is 8.34.